The van der Waals surface area contributed by atoms with E-state index in [0.717, 1.165) is 0 Å². The fraction of sp³-hybridized carbons (Fsp3) is 1.00. The second kappa shape index (κ2) is 19.0. The molecule has 1 N–H and O–H groups in total. The van der Waals surface area contributed by atoms with E-state index < -0.39 is 0 Å². The van der Waals surface area contributed by atoms with Crippen molar-refractivity contribution < 1.29 is 0 Å². The van der Waals surface area contributed by atoms with Crippen LogP contribution in [0.1, 0.15) is 130 Å². The zero-order chi connectivity index (χ0) is 18.6. The summed E-state index contributed by atoms with van der Waals surface area (Å²) in [6.45, 7) is 8.27. The van der Waals surface area contributed by atoms with Gasteiger partial charge in [0, 0.05) is 15.8 Å². The molecule has 0 aliphatic carbocycles. The van der Waals surface area contributed by atoms with E-state index in [1.165, 1.54) is 132 Å². The van der Waals surface area contributed by atoms with Gasteiger partial charge in [-0.3, -0.25) is 0 Å². The summed E-state index contributed by atoms with van der Waals surface area (Å²) in [7, 11) is 1.35. The topological polar surface area (TPSA) is 12.0 Å². The molecule has 0 saturated heterocycles. The molecule has 0 saturated carbocycles. The van der Waals surface area contributed by atoms with Crippen LogP contribution in [0.15, 0.2) is 0 Å². The number of hydrogen-bond donors (Lipinski definition) is 1. The molecule has 2 heteroatoms. The number of nitrogens with one attached hydrogen (secondary N) is 1. The lowest BCUT2D eigenvalue weighted by Crippen LogP contribution is -2.39. The van der Waals surface area contributed by atoms with Crippen LogP contribution in [0.25, 0.3) is 0 Å². The van der Waals surface area contributed by atoms with Gasteiger partial charge in [0.25, 0.3) is 0 Å². The van der Waals surface area contributed by atoms with E-state index in [1.807, 2.05) is 0 Å². The Morgan fingerprint density at radius 2 is 1.00 bits per heavy atom. The van der Waals surface area contributed by atoms with Crippen LogP contribution in [0, 0.1) is 0 Å². The molecule has 0 aromatic rings. The van der Waals surface area contributed by atoms with Crippen molar-refractivity contribution in [2.45, 2.75) is 142 Å². The minimum absolute atomic E-state index is 0.354. The monoisotopic (exact) mass is 369 g/mol. The summed E-state index contributed by atoms with van der Waals surface area (Å²) in [6, 6.07) is 1.43. The highest BCUT2D eigenvalue weighted by Crippen LogP contribution is 2.17. The van der Waals surface area contributed by atoms with Crippen molar-refractivity contribution in [2.24, 2.45) is 0 Å². The fourth-order valence-electron chi connectivity index (χ4n) is 3.63. The van der Waals surface area contributed by atoms with Crippen LogP contribution in [0.4, 0.5) is 0 Å². The highest BCUT2D eigenvalue weighted by atomic mass is 28.1. The van der Waals surface area contributed by atoms with Crippen LogP contribution in [0.5, 0.6) is 0 Å². The Kier molecular flexibility index (Phi) is 19.1. The Hall–Kier alpha value is 0.177. The minimum Gasteiger partial charge on any atom is -0.312 e. The van der Waals surface area contributed by atoms with E-state index in [2.05, 4.69) is 26.1 Å². The molecule has 0 aromatic heterocycles. The summed E-state index contributed by atoms with van der Waals surface area (Å²) in [5, 5.41) is 3.73. The Morgan fingerprint density at radius 3 is 1.40 bits per heavy atom. The average Bonchev–Trinajstić information content (AvgIpc) is 2.58. The van der Waals surface area contributed by atoms with Gasteiger partial charge in [-0.2, -0.15) is 0 Å². The molecule has 0 heterocycles. The molecule has 0 unspecified atom stereocenters. The van der Waals surface area contributed by atoms with Gasteiger partial charge >= 0.3 is 0 Å². The van der Waals surface area contributed by atoms with Gasteiger partial charge in [-0.05, 0) is 33.2 Å². The van der Waals surface area contributed by atoms with Crippen molar-refractivity contribution in [3.8, 4) is 0 Å². The van der Waals surface area contributed by atoms with Crippen molar-refractivity contribution in [3.05, 3.63) is 0 Å². The van der Waals surface area contributed by atoms with E-state index in [9.17, 15) is 0 Å². The quantitative estimate of drug-likeness (QED) is 0.184. The SMILES string of the molecule is CCCCCCCCCCCCCCCCCC(C)(C)NCCC[SiH3]. The van der Waals surface area contributed by atoms with Gasteiger partial charge in [-0.25, -0.2) is 0 Å². The highest BCUT2D eigenvalue weighted by Gasteiger charge is 2.15. The maximum Gasteiger partial charge on any atom is 0.0125 e. The molecule has 0 spiro atoms. The molecule has 0 rings (SSSR count). The molecule has 25 heavy (non-hydrogen) atoms. The van der Waals surface area contributed by atoms with E-state index in [1.54, 1.807) is 0 Å². The zero-order valence-electron chi connectivity index (χ0n) is 18.4. The van der Waals surface area contributed by atoms with Crippen LogP contribution >= 0.6 is 0 Å². The first-order valence-corrected chi connectivity index (χ1v) is 13.3. The van der Waals surface area contributed by atoms with Crippen LogP contribution in [-0.4, -0.2) is 22.3 Å². The molecular weight excluding hydrogens is 318 g/mol. The average molecular weight is 370 g/mol. The van der Waals surface area contributed by atoms with E-state index in [4.69, 9.17) is 0 Å². The highest BCUT2D eigenvalue weighted by molar-refractivity contribution is 6.08. The number of hydrogen-bond acceptors (Lipinski definition) is 1. The summed E-state index contributed by atoms with van der Waals surface area (Å²) in [5.41, 5.74) is 0.354. The Bertz CT molecular complexity index is 252. The van der Waals surface area contributed by atoms with Gasteiger partial charge in [0.1, 0.15) is 0 Å². The van der Waals surface area contributed by atoms with E-state index in [-0.39, 0.29) is 0 Å². The van der Waals surface area contributed by atoms with Gasteiger partial charge in [-0.15, -0.1) is 0 Å². The van der Waals surface area contributed by atoms with Gasteiger partial charge in [0.05, 0.1) is 0 Å². The maximum atomic E-state index is 3.73. The number of rotatable bonds is 20. The third kappa shape index (κ3) is 20.3. The third-order valence-electron chi connectivity index (χ3n) is 5.54. The third-order valence-corrected chi connectivity index (χ3v) is 6.25. The van der Waals surface area contributed by atoms with Gasteiger partial charge in [0.2, 0.25) is 0 Å². The van der Waals surface area contributed by atoms with Crippen LogP contribution < -0.4 is 5.32 Å². The van der Waals surface area contributed by atoms with Crippen molar-refractivity contribution in [3.63, 3.8) is 0 Å². The van der Waals surface area contributed by atoms with Crippen molar-refractivity contribution in [1.29, 1.82) is 0 Å². The lowest BCUT2D eigenvalue weighted by Gasteiger charge is -2.26. The van der Waals surface area contributed by atoms with E-state index in [0.29, 0.717) is 5.54 Å². The predicted molar refractivity (Wildman–Crippen MR) is 121 cm³/mol. The lowest BCUT2D eigenvalue weighted by atomic mass is 9.95. The zero-order valence-corrected chi connectivity index (χ0v) is 20.4. The molecule has 0 atom stereocenters. The standard InChI is InChI=1S/C23H51NSi/c1-4-5-6-7-8-9-10-11-12-13-14-15-16-17-18-20-23(2,3)24-21-19-22-25/h24H,4-22H2,1-3,25H3. The molecule has 0 bridgehead atoms. The van der Waals surface area contributed by atoms with Crippen molar-refractivity contribution in [2.75, 3.05) is 6.54 Å². The Labute approximate surface area is 163 Å². The van der Waals surface area contributed by atoms with Crippen LogP contribution in [-0.2, 0) is 0 Å². The van der Waals surface area contributed by atoms with Gasteiger partial charge < -0.3 is 5.32 Å². The predicted octanol–water partition coefficient (Wildman–Crippen LogP) is 6.79. The second-order valence-electron chi connectivity index (χ2n) is 8.86. The van der Waals surface area contributed by atoms with Crippen molar-refractivity contribution >= 4 is 10.2 Å². The molecule has 0 aliphatic rings. The second-order valence-corrected chi connectivity index (χ2v) is 9.86. The molecule has 0 fully saturated rings. The number of unbranched alkanes of at least 4 members (excludes halogenated alkanes) is 14. The molecule has 1 nitrogen and oxygen atoms in total. The normalized spacial score (nSPS) is 12.1. The Balaban J connectivity index is 3.18. The first-order chi connectivity index (χ1) is 12.1. The minimum atomic E-state index is 0.354. The largest absolute Gasteiger partial charge is 0.312 e. The summed E-state index contributed by atoms with van der Waals surface area (Å²) < 4.78 is 0. The van der Waals surface area contributed by atoms with E-state index >= 15 is 0 Å². The maximum absolute atomic E-state index is 3.73. The summed E-state index contributed by atoms with van der Waals surface area (Å²) in [6.07, 6.45) is 24.5. The molecule has 0 amide bonds. The summed E-state index contributed by atoms with van der Waals surface area (Å²) in [4.78, 5) is 0. The molecular formula is C23H51NSi. The Morgan fingerprint density at radius 1 is 0.600 bits per heavy atom. The van der Waals surface area contributed by atoms with Crippen LogP contribution in [0.3, 0.4) is 0 Å². The summed E-state index contributed by atoms with van der Waals surface area (Å²) >= 11 is 0. The first-order valence-electron chi connectivity index (χ1n) is 11.9. The van der Waals surface area contributed by atoms with Crippen LogP contribution in [0.2, 0.25) is 6.04 Å². The molecule has 152 valence electrons. The first kappa shape index (κ1) is 25.2. The molecule has 0 aliphatic heterocycles. The van der Waals surface area contributed by atoms with Gasteiger partial charge in [-0.1, -0.05) is 109 Å². The van der Waals surface area contributed by atoms with Gasteiger partial charge in [0.15, 0.2) is 0 Å². The smallest absolute Gasteiger partial charge is 0.0125 e. The van der Waals surface area contributed by atoms with Crippen molar-refractivity contribution in [1.82, 2.24) is 5.32 Å². The summed E-state index contributed by atoms with van der Waals surface area (Å²) in [5.74, 6) is 0. The fourth-order valence-corrected chi connectivity index (χ4v) is 3.98. The molecule has 0 radical (unpaired) electrons. The molecule has 0 aromatic carbocycles. The lowest BCUT2D eigenvalue weighted by molar-refractivity contribution is 0.347.